The molecule has 1 atom stereocenters. The van der Waals surface area contributed by atoms with Gasteiger partial charge in [0.1, 0.15) is 6.04 Å². The Bertz CT molecular complexity index is 592. The van der Waals surface area contributed by atoms with Gasteiger partial charge in [-0.25, -0.2) is 0 Å². The van der Waals surface area contributed by atoms with Gasteiger partial charge in [0.05, 0.1) is 4.92 Å². The zero-order valence-corrected chi connectivity index (χ0v) is 14.0. The summed E-state index contributed by atoms with van der Waals surface area (Å²) in [5.74, 6) is -0.939. The van der Waals surface area contributed by atoms with Crippen molar-refractivity contribution in [2.75, 3.05) is 6.54 Å². The van der Waals surface area contributed by atoms with Crippen molar-refractivity contribution in [1.82, 2.24) is 10.6 Å². The fraction of sp³-hybridized carbons (Fsp3) is 0.429. The van der Waals surface area contributed by atoms with Gasteiger partial charge in [-0.1, -0.05) is 6.07 Å². The second kappa shape index (κ2) is 8.44. The maximum atomic E-state index is 12.0. The number of nitrogens with one attached hydrogen (secondary N) is 2. The fourth-order valence-corrected chi connectivity index (χ4v) is 1.60. The van der Waals surface area contributed by atoms with Crippen molar-refractivity contribution in [2.45, 2.75) is 32.4 Å². The molecule has 23 heavy (non-hydrogen) atoms. The molecular weight excluding hydrogens is 324 g/mol. The van der Waals surface area contributed by atoms with Crippen LogP contribution < -0.4 is 16.4 Å². The first-order valence-electron chi connectivity index (χ1n) is 6.73. The summed E-state index contributed by atoms with van der Waals surface area (Å²) in [4.78, 5) is 34.1. The number of hydrogen-bond acceptors (Lipinski definition) is 5. The van der Waals surface area contributed by atoms with Crippen molar-refractivity contribution < 1.29 is 14.5 Å². The minimum absolute atomic E-state index is 0. The largest absolute Gasteiger partial charge is 0.348 e. The molecule has 0 aliphatic carbocycles. The van der Waals surface area contributed by atoms with E-state index in [-0.39, 0.29) is 36.1 Å². The molecule has 8 nitrogen and oxygen atoms in total. The first-order chi connectivity index (χ1) is 10.2. The molecule has 0 radical (unpaired) electrons. The zero-order valence-electron chi connectivity index (χ0n) is 13.2. The Labute approximate surface area is 140 Å². The predicted molar refractivity (Wildman–Crippen MR) is 88.5 cm³/mol. The maximum Gasteiger partial charge on any atom is 0.270 e. The van der Waals surface area contributed by atoms with E-state index < -0.39 is 22.4 Å². The number of carbonyl (C=O) groups excluding carboxylic acids is 2. The number of amides is 2. The molecule has 2 amide bonds. The minimum Gasteiger partial charge on any atom is -0.348 e. The quantitative estimate of drug-likeness (QED) is 0.523. The molecule has 0 bridgehead atoms. The number of nitro groups is 1. The smallest absolute Gasteiger partial charge is 0.270 e. The molecule has 0 saturated heterocycles. The van der Waals surface area contributed by atoms with E-state index in [9.17, 15) is 19.7 Å². The number of nitrogens with two attached hydrogens (primary N) is 1. The van der Waals surface area contributed by atoms with E-state index in [1.54, 1.807) is 13.8 Å². The number of carbonyl (C=O) groups is 2. The van der Waals surface area contributed by atoms with E-state index >= 15 is 0 Å². The van der Waals surface area contributed by atoms with Gasteiger partial charge >= 0.3 is 0 Å². The van der Waals surface area contributed by atoms with Crippen molar-refractivity contribution in [3.05, 3.63) is 39.9 Å². The van der Waals surface area contributed by atoms with Crippen LogP contribution in [0.1, 0.15) is 31.1 Å². The number of halogens is 1. The third-order valence-corrected chi connectivity index (χ3v) is 3.03. The summed E-state index contributed by atoms with van der Waals surface area (Å²) < 4.78 is 0. The third kappa shape index (κ3) is 6.21. The predicted octanol–water partition coefficient (Wildman–Crippen LogP) is 0.988. The van der Waals surface area contributed by atoms with Crippen LogP contribution >= 0.6 is 12.4 Å². The lowest BCUT2D eigenvalue weighted by atomic mass is 10.1. The molecule has 0 aromatic heterocycles. The topological polar surface area (TPSA) is 127 Å². The molecule has 0 aliphatic heterocycles. The van der Waals surface area contributed by atoms with Gasteiger partial charge in [-0.15, -0.1) is 12.4 Å². The molecule has 0 fully saturated rings. The Morgan fingerprint density at radius 2 is 2.00 bits per heavy atom. The average molecular weight is 345 g/mol. The van der Waals surface area contributed by atoms with Crippen LogP contribution in [0.4, 0.5) is 5.69 Å². The number of rotatable bonds is 6. The van der Waals surface area contributed by atoms with Gasteiger partial charge in [0.2, 0.25) is 5.91 Å². The highest BCUT2D eigenvalue weighted by Gasteiger charge is 2.23. The van der Waals surface area contributed by atoms with Crippen LogP contribution in [0.15, 0.2) is 24.3 Å². The molecule has 9 heteroatoms. The van der Waals surface area contributed by atoms with E-state index in [1.165, 1.54) is 25.1 Å². The highest BCUT2D eigenvalue weighted by atomic mass is 35.5. The Balaban J connectivity index is 0.00000484. The normalized spacial score (nSPS) is 11.8. The maximum absolute atomic E-state index is 12.0. The molecule has 0 aliphatic rings. The second-order valence-corrected chi connectivity index (χ2v) is 5.58. The molecule has 1 aromatic carbocycles. The Hall–Kier alpha value is -2.19. The fourth-order valence-electron chi connectivity index (χ4n) is 1.60. The number of benzene rings is 1. The first-order valence-corrected chi connectivity index (χ1v) is 6.73. The molecule has 128 valence electrons. The summed E-state index contributed by atoms with van der Waals surface area (Å²) in [7, 11) is 0. The van der Waals surface area contributed by atoms with E-state index in [2.05, 4.69) is 10.6 Å². The Morgan fingerprint density at radius 1 is 1.39 bits per heavy atom. The van der Waals surface area contributed by atoms with Crippen molar-refractivity contribution in [1.29, 1.82) is 0 Å². The van der Waals surface area contributed by atoms with Crippen LogP contribution in [-0.4, -0.2) is 34.9 Å². The molecule has 1 rings (SSSR count). The summed E-state index contributed by atoms with van der Waals surface area (Å²) in [6, 6.07) is 4.50. The van der Waals surface area contributed by atoms with Gasteiger partial charge in [0.15, 0.2) is 0 Å². The highest BCUT2D eigenvalue weighted by molar-refractivity contribution is 5.97. The summed E-state index contributed by atoms with van der Waals surface area (Å²) in [5.41, 5.74) is 4.88. The standard InChI is InChI=1S/C14H20N4O4.ClH/c1-9(12(19)17-14(2,3)8-15)16-13(20)10-5-4-6-11(7-10)18(21)22;/h4-7,9H,8,15H2,1-3H3,(H,16,20)(H,17,19);1H. The van der Waals surface area contributed by atoms with Crippen LogP contribution in [0, 0.1) is 10.1 Å². The van der Waals surface area contributed by atoms with Crippen molar-refractivity contribution >= 4 is 29.9 Å². The van der Waals surface area contributed by atoms with Gasteiger partial charge in [-0.05, 0) is 26.8 Å². The van der Waals surface area contributed by atoms with E-state index in [0.717, 1.165) is 6.07 Å². The van der Waals surface area contributed by atoms with Crippen LogP contribution in [0.2, 0.25) is 0 Å². The molecule has 0 heterocycles. The first kappa shape index (κ1) is 20.8. The van der Waals surface area contributed by atoms with Gasteiger partial charge in [0.25, 0.3) is 11.6 Å². The van der Waals surface area contributed by atoms with Crippen molar-refractivity contribution in [2.24, 2.45) is 5.73 Å². The summed E-state index contributed by atoms with van der Waals surface area (Å²) in [5, 5.41) is 15.9. The molecule has 0 saturated carbocycles. The lowest BCUT2D eigenvalue weighted by molar-refractivity contribution is -0.384. The van der Waals surface area contributed by atoms with Crippen LogP contribution in [0.5, 0.6) is 0 Å². The molecule has 1 unspecified atom stereocenters. The Morgan fingerprint density at radius 3 is 2.52 bits per heavy atom. The van der Waals surface area contributed by atoms with Crippen LogP contribution in [0.3, 0.4) is 0 Å². The second-order valence-electron chi connectivity index (χ2n) is 5.58. The molecular formula is C14H21ClN4O4. The van der Waals surface area contributed by atoms with E-state index in [1.807, 2.05) is 0 Å². The van der Waals surface area contributed by atoms with E-state index in [0.29, 0.717) is 0 Å². The van der Waals surface area contributed by atoms with Gasteiger partial charge < -0.3 is 16.4 Å². The third-order valence-electron chi connectivity index (χ3n) is 3.03. The van der Waals surface area contributed by atoms with Crippen molar-refractivity contribution in [3.63, 3.8) is 0 Å². The summed E-state index contributed by atoms with van der Waals surface area (Å²) in [6.07, 6.45) is 0. The van der Waals surface area contributed by atoms with Crippen LogP contribution in [0.25, 0.3) is 0 Å². The number of non-ortho nitro benzene ring substituents is 1. The summed E-state index contributed by atoms with van der Waals surface area (Å²) >= 11 is 0. The zero-order chi connectivity index (χ0) is 16.9. The van der Waals surface area contributed by atoms with Gasteiger partial charge in [-0.3, -0.25) is 19.7 Å². The summed E-state index contributed by atoms with van der Waals surface area (Å²) in [6.45, 7) is 5.31. The lowest BCUT2D eigenvalue weighted by Gasteiger charge is -2.26. The molecule has 0 spiro atoms. The number of hydrogen-bond donors (Lipinski definition) is 3. The minimum atomic E-state index is -0.794. The van der Waals surface area contributed by atoms with E-state index in [4.69, 9.17) is 5.73 Å². The molecule has 4 N–H and O–H groups in total. The van der Waals surface area contributed by atoms with Crippen LogP contribution in [-0.2, 0) is 4.79 Å². The van der Waals surface area contributed by atoms with Crippen molar-refractivity contribution in [3.8, 4) is 0 Å². The molecule has 1 aromatic rings. The lowest BCUT2D eigenvalue weighted by Crippen LogP contribution is -2.55. The van der Waals surface area contributed by atoms with Gasteiger partial charge in [0, 0.05) is 29.8 Å². The monoisotopic (exact) mass is 344 g/mol. The number of nitrogens with zero attached hydrogens (tertiary/aromatic N) is 1. The highest BCUT2D eigenvalue weighted by Crippen LogP contribution is 2.13. The van der Waals surface area contributed by atoms with Gasteiger partial charge in [-0.2, -0.15) is 0 Å². The average Bonchev–Trinajstić information content (AvgIpc) is 2.46. The Kier molecular flexibility index (Phi) is 7.64. The SMILES string of the molecule is CC(NC(=O)c1cccc([N+](=O)[O-])c1)C(=O)NC(C)(C)CN.Cl. The number of nitro benzene ring substituents is 1.